The molecule has 0 aromatic carbocycles. The molecule has 1 aromatic heterocycles. The molecule has 0 saturated carbocycles. The van der Waals surface area contributed by atoms with E-state index in [9.17, 15) is 8.42 Å². The van der Waals surface area contributed by atoms with Crippen LogP contribution in [-0.4, -0.2) is 42.5 Å². The van der Waals surface area contributed by atoms with Crippen molar-refractivity contribution in [2.45, 2.75) is 11.3 Å². The summed E-state index contributed by atoms with van der Waals surface area (Å²) >= 11 is 5.77. The molecular formula is C10H14ClN3O3S. The number of aliphatic hydroxyl groups is 1. The van der Waals surface area contributed by atoms with Gasteiger partial charge in [0, 0.05) is 25.9 Å². The highest BCUT2D eigenvalue weighted by molar-refractivity contribution is 7.89. The number of rotatable bonds is 3. The molecule has 1 aliphatic heterocycles. The van der Waals surface area contributed by atoms with E-state index in [0.29, 0.717) is 19.5 Å². The highest BCUT2D eigenvalue weighted by Gasteiger charge is 2.32. The molecule has 3 N–H and O–H groups in total. The zero-order valence-electron chi connectivity index (χ0n) is 9.58. The van der Waals surface area contributed by atoms with Crippen LogP contribution >= 0.6 is 11.6 Å². The molecular weight excluding hydrogens is 278 g/mol. The van der Waals surface area contributed by atoms with Crippen LogP contribution in [0.3, 0.4) is 0 Å². The largest absolute Gasteiger partial charge is 0.396 e. The fourth-order valence-electron chi connectivity index (χ4n) is 1.89. The summed E-state index contributed by atoms with van der Waals surface area (Å²) in [6.07, 6.45) is 1.86. The number of nitrogens with two attached hydrogens (primary N) is 1. The number of hydrogen-bond donors (Lipinski definition) is 2. The van der Waals surface area contributed by atoms with Crippen LogP contribution < -0.4 is 5.73 Å². The Bertz CT molecular complexity index is 549. The third-order valence-electron chi connectivity index (χ3n) is 2.99. The summed E-state index contributed by atoms with van der Waals surface area (Å²) in [7, 11) is -3.60. The molecule has 2 heterocycles. The standard InChI is InChI=1S/C10H14ClN3O3S/c11-9-3-8(4-13-10(9)12)18(16,17)14-2-1-7(5-14)6-15/h3-4,7,15H,1-2,5-6H2,(H2,12,13). The van der Waals surface area contributed by atoms with Gasteiger partial charge < -0.3 is 10.8 Å². The minimum atomic E-state index is -3.60. The van der Waals surface area contributed by atoms with Crippen LogP contribution in [0.25, 0.3) is 0 Å². The van der Waals surface area contributed by atoms with E-state index in [0.717, 1.165) is 0 Å². The third kappa shape index (κ3) is 2.44. The summed E-state index contributed by atoms with van der Waals surface area (Å²) < 4.78 is 25.9. The maximum Gasteiger partial charge on any atom is 0.244 e. The number of nitrogen functional groups attached to an aromatic ring is 1. The number of pyridine rings is 1. The Morgan fingerprint density at radius 2 is 2.33 bits per heavy atom. The minimum Gasteiger partial charge on any atom is -0.396 e. The Hall–Kier alpha value is -0.890. The van der Waals surface area contributed by atoms with Gasteiger partial charge in [-0.2, -0.15) is 4.31 Å². The van der Waals surface area contributed by atoms with Crippen LogP contribution in [0.1, 0.15) is 6.42 Å². The van der Waals surface area contributed by atoms with Crippen LogP contribution in [0.2, 0.25) is 5.02 Å². The highest BCUT2D eigenvalue weighted by Crippen LogP contribution is 2.26. The van der Waals surface area contributed by atoms with Crippen molar-refractivity contribution in [3.8, 4) is 0 Å². The summed E-state index contributed by atoms with van der Waals surface area (Å²) in [5.74, 6) is 0.0993. The second kappa shape index (κ2) is 5.00. The van der Waals surface area contributed by atoms with Crippen molar-refractivity contribution >= 4 is 27.4 Å². The Morgan fingerprint density at radius 3 is 2.89 bits per heavy atom. The van der Waals surface area contributed by atoms with Crippen LogP contribution in [0, 0.1) is 5.92 Å². The molecule has 6 nitrogen and oxygen atoms in total. The fourth-order valence-corrected chi connectivity index (χ4v) is 3.62. The number of sulfonamides is 1. The fraction of sp³-hybridized carbons (Fsp3) is 0.500. The van der Waals surface area contributed by atoms with Gasteiger partial charge in [0.1, 0.15) is 10.7 Å². The van der Waals surface area contributed by atoms with Gasteiger partial charge in [-0.15, -0.1) is 0 Å². The molecule has 1 aromatic rings. The van der Waals surface area contributed by atoms with Crippen molar-refractivity contribution in [3.05, 3.63) is 17.3 Å². The second-order valence-electron chi connectivity index (χ2n) is 4.24. The third-order valence-corrected chi connectivity index (χ3v) is 5.12. The zero-order valence-corrected chi connectivity index (χ0v) is 11.2. The minimum absolute atomic E-state index is 0.00279. The second-order valence-corrected chi connectivity index (χ2v) is 6.58. The maximum absolute atomic E-state index is 12.3. The topological polar surface area (TPSA) is 96.5 Å². The predicted molar refractivity (Wildman–Crippen MR) is 67.6 cm³/mol. The van der Waals surface area contributed by atoms with Gasteiger partial charge in [0.05, 0.1) is 5.02 Å². The molecule has 8 heteroatoms. The number of aromatic nitrogens is 1. The first-order valence-corrected chi connectivity index (χ1v) is 7.29. The summed E-state index contributed by atoms with van der Waals surface area (Å²) in [5.41, 5.74) is 5.44. The van der Waals surface area contributed by atoms with Crippen molar-refractivity contribution in [2.24, 2.45) is 5.92 Å². The van der Waals surface area contributed by atoms with E-state index < -0.39 is 10.0 Å². The zero-order chi connectivity index (χ0) is 13.3. The molecule has 1 saturated heterocycles. The van der Waals surface area contributed by atoms with Crippen molar-refractivity contribution in [3.63, 3.8) is 0 Å². The van der Waals surface area contributed by atoms with Crippen LogP contribution in [0.15, 0.2) is 17.2 Å². The first-order chi connectivity index (χ1) is 8.45. The first kappa shape index (κ1) is 13.5. The average molecular weight is 292 g/mol. The van der Waals surface area contributed by atoms with Crippen LogP contribution in [0.5, 0.6) is 0 Å². The monoisotopic (exact) mass is 291 g/mol. The Balaban J connectivity index is 2.28. The van der Waals surface area contributed by atoms with E-state index >= 15 is 0 Å². The number of nitrogens with zero attached hydrogens (tertiary/aromatic N) is 2. The Morgan fingerprint density at radius 1 is 1.61 bits per heavy atom. The quantitative estimate of drug-likeness (QED) is 0.836. The Labute approximate surface area is 110 Å². The molecule has 2 rings (SSSR count). The van der Waals surface area contributed by atoms with E-state index in [2.05, 4.69) is 4.98 Å². The van der Waals surface area contributed by atoms with Crippen molar-refractivity contribution in [2.75, 3.05) is 25.4 Å². The van der Waals surface area contributed by atoms with Gasteiger partial charge in [0.25, 0.3) is 0 Å². The van der Waals surface area contributed by atoms with Crippen molar-refractivity contribution in [1.82, 2.24) is 9.29 Å². The molecule has 1 aliphatic rings. The molecule has 1 atom stereocenters. The average Bonchev–Trinajstić information content (AvgIpc) is 2.81. The van der Waals surface area contributed by atoms with E-state index in [-0.39, 0.29) is 28.3 Å². The molecule has 100 valence electrons. The SMILES string of the molecule is Nc1ncc(S(=O)(=O)N2CCC(CO)C2)cc1Cl. The van der Waals surface area contributed by atoms with E-state index in [1.165, 1.54) is 16.6 Å². The maximum atomic E-state index is 12.3. The van der Waals surface area contributed by atoms with Crippen LogP contribution in [-0.2, 0) is 10.0 Å². The lowest BCUT2D eigenvalue weighted by atomic mass is 10.1. The highest BCUT2D eigenvalue weighted by atomic mass is 35.5. The molecule has 0 aliphatic carbocycles. The van der Waals surface area contributed by atoms with Crippen LogP contribution in [0.4, 0.5) is 5.82 Å². The summed E-state index contributed by atoms with van der Waals surface area (Å²) in [4.78, 5) is 3.77. The van der Waals surface area contributed by atoms with Gasteiger partial charge in [0.2, 0.25) is 10.0 Å². The van der Waals surface area contributed by atoms with Gasteiger partial charge in [0.15, 0.2) is 0 Å². The number of aliphatic hydroxyl groups excluding tert-OH is 1. The molecule has 0 radical (unpaired) electrons. The number of anilines is 1. The molecule has 0 bridgehead atoms. The molecule has 18 heavy (non-hydrogen) atoms. The number of hydrogen-bond acceptors (Lipinski definition) is 5. The van der Waals surface area contributed by atoms with E-state index in [1.807, 2.05) is 0 Å². The lowest BCUT2D eigenvalue weighted by Crippen LogP contribution is -2.29. The van der Waals surface area contributed by atoms with Gasteiger partial charge in [-0.3, -0.25) is 0 Å². The van der Waals surface area contributed by atoms with Gasteiger partial charge >= 0.3 is 0 Å². The number of halogens is 1. The normalized spacial score (nSPS) is 21.3. The van der Waals surface area contributed by atoms with Crippen molar-refractivity contribution < 1.29 is 13.5 Å². The predicted octanol–water partition coefficient (Wildman–Crippen LogP) is 0.320. The molecule has 1 unspecified atom stereocenters. The summed E-state index contributed by atoms with van der Waals surface area (Å²) in [5, 5.41) is 9.15. The molecule has 0 amide bonds. The van der Waals surface area contributed by atoms with Crippen molar-refractivity contribution in [1.29, 1.82) is 0 Å². The Kier molecular flexibility index (Phi) is 3.76. The summed E-state index contributed by atoms with van der Waals surface area (Å²) in [6.45, 7) is 0.711. The lowest BCUT2D eigenvalue weighted by molar-refractivity contribution is 0.233. The van der Waals surface area contributed by atoms with Gasteiger partial charge in [-0.25, -0.2) is 13.4 Å². The first-order valence-electron chi connectivity index (χ1n) is 5.47. The molecule has 1 fully saturated rings. The van der Waals surface area contributed by atoms with E-state index in [4.69, 9.17) is 22.4 Å². The van der Waals surface area contributed by atoms with E-state index in [1.54, 1.807) is 0 Å². The van der Waals surface area contributed by atoms with Gasteiger partial charge in [-0.05, 0) is 18.4 Å². The lowest BCUT2D eigenvalue weighted by Gasteiger charge is -2.16. The smallest absolute Gasteiger partial charge is 0.244 e. The molecule has 0 spiro atoms. The van der Waals surface area contributed by atoms with Gasteiger partial charge in [-0.1, -0.05) is 11.6 Å². The summed E-state index contributed by atoms with van der Waals surface area (Å²) in [6, 6.07) is 1.30.